The molecule has 0 bridgehead atoms. The van der Waals surface area contributed by atoms with E-state index in [9.17, 15) is 8.42 Å². The topological polar surface area (TPSA) is 79.0 Å². The molecule has 1 aromatic heterocycles. The van der Waals surface area contributed by atoms with Crippen molar-refractivity contribution < 1.29 is 8.42 Å². The molecule has 0 saturated heterocycles. The Morgan fingerprint density at radius 2 is 2.20 bits per heavy atom. The van der Waals surface area contributed by atoms with Gasteiger partial charge < -0.3 is 0 Å². The van der Waals surface area contributed by atoms with Crippen molar-refractivity contribution in [2.24, 2.45) is 0 Å². The maximum atomic E-state index is 11.8. The summed E-state index contributed by atoms with van der Waals surface area (Å²) in [7, 11) is -1.95. The molecule has 0 aromatic carbocycles. The molecular weight excluding hydrogens is 216 g/mol. The standard InChI is InChI=1S/C8H16N4O2S/c1-3-4-5-6-12(2)15(13,14)8-9-7-10-11-8/h7H,3-6H2,1-2H3,(H,9,10,11). The van der Waals surface area contributed by atoms with Crippen LogP contribution in [0, 0.1) is 0 Å². The van der Waals surface area contributed by atoms with Crippen LogP contribution in [0.5, 0.6) is 0 Å². The average Bonchev–Trinajstić information content (AvgIpc) is 2.71. The second kappa shape index (κ2) is 5.22. The predicted octanol–water partition coefficient (Wildman–Crippen LogP) is 0.615. The molecule has 86 valence electrons. The van der Waals surface area contributed by atoms with Crippen LogP contribution in [-0.2, 0) is 10.0 Å². The van der Waals surface area contributed by atoms with E-state index in [-0.39, 0.29) is 5.16 Å². The molecule has 1 N–H and O–H groups in total. The van der Waals surface area contributed by atoms with Crippen LogP contribution in [0.15, 0.2) is 11.5 Å². The molecule has 0 amide bonds. The number of nitrogens with one attached hydrogen (secondary N) is 1. The first-order chi connectivity index (χ1) is 7.09. The summed E-state index contributed by atoms with van der Waals surface area (Å²) >= 11 is 0. The third kappa shape index (κ3) is 3.00. The minimum absolute atomic E-state index is 0.165. The number of hydrogen-bond donors (Lipinski definition) is 1. The fourth-order valence-corrected chi connectivity index (χ4v) is 2.17. The number of hydrogen-bond acceptors (Lipinski definition) is 4. The minimum atomic E-state index is -3.50. The summed E-state index contributed by atoms with van der Waals surface area (Å²) in [5.41, 5.74) is 0. The zero-order valence-electron chi connectivity index (χ0n) is 8.97. The van der Waals surface area contributed by atoms with Gasteiger partial charge in [-0.05, 0) is 6.42 Å². The molecule has 7 heteroatoms. The highest BCUT2D eigenvalue weighted by atomic mass is 32.2. The normalized spacial score (nSPS) is 12.2. The number of H-pyrrole nitrogens is 1. The lowest BCUT2D eigenvalue weighted by Crippen LogP contribution is -2.28. The molecule has 1 aromatic rings. The van der Waals surface area contributed by atoms with Gasteiger partial charge in [-0.2, -0.15) is 4.31 Å². The maximum Gasteiger partial charge on any atom is 0.282 e. The van der Waals surface area contributed by atoms with Crippen LogP contribution in [0.25, 0.3) is 0 Å². The molecule has 0 aliphatic carbocycles. The number of unbranched alkanes of at least 4 members (excludes halogenated alkanes) is 2. The lowest BCUT2D eigenvalue weighted by Gasteiger charge is -2.13. The van der Waals surface area contributed by atoms with Gasteiger partial charge in [-0.3, -0.25) is 5.10 Å². The van der Waals surface area contributed by atoms with E-state index >= 15 is 0 Å². The largest absolute Gasteiger partial charge is 0.282 e. The lowest BCUT2D eigenvalue weighted by molar-refractivity contribution is 0.449. The van der Waals surface area contributed by atoms with Crippen molar-refractivity contribution >= 4 is 10.0 Å². The van der Waals surface area contributed by atoms with E-state index in [1.165, 1.54) is 10.6 Å². The van der Waals surface area contributed by atoms with Crippen LogP contribution in [0.3, 0.4) is 0 Å². The third-order valence-corrected chi connectivity index (χ3v) is 3.77. The Hall–Kier alpha value is -0.950. The first-order valence-corrected chi connectivity index (χ1v) is 6.35. The first-order valence-electron chi connectivity index (χ1n) is 4.91. The van der Waals surface area contributed by atoms with E-state index in [1.54, 1.807) is 7.05 Å². The van der Waals surface area contributed by atoms with Crippen molar-refractivity contribution in [3.8, 4) is 0 Å². The quantitative estimate of drug-likeness (QED) is 0.729. The van der Waals surface area contributed by atoms with Gasteiger partial charge in [-0.1, -0.05) is 19.8 Å². The molecule has 0 aliphatic rings. The zero-order valence-corrected chi connectivity index (χ0v) is 9.79. The fourth-order valence-electron chi connectivity index (χ4n) is 1.17. The highest BCUT2D eigenvalue weighted by molar-refractivity contribution is 7.88. The Morgan fingerprint density at radius 3 is 2.73 bits per heavy atom. The van der Waals surface area contributed by atoms with E-state index in [0.717, 1.165) is 19.3 Å². The number of rotatable bonds is 6. The molecule has 1 rings (SSSR count). The number of sulfonamides is 1. The molecule has 0 aliphatic heterocycles. The summed E-state index contributed by atoms with van der Waals surface area (Å²) in [6.07, 6.45) is 4.20. The van der Waals surface area contributed by atoms with Gasteiger partial charge in [-0.25, -0.2) is 13.4 Å². The fraction of sp³-hybridized carbons (Fsp3) is 0.750. The first kappa shape index (κ1) is 12.1. The van der Waals surface area contributed by atoms with Crippen LogP contribution in [0.2, 0.25) is 0 Å². The van der Waals surface area contributed by atoms with E-state index in [1.807, 2.05) is 0 Å². The average molecular weight is 232 g/mol. The van der Waals surface area contributed by atoms with Crippen LogP contribution in [0.4, 0.5) is 0 Å². The molecular formula is C8H16N4O2S. The van der Waals surface area contributed by atoms with Crippen molar-refractivity contribution in [2.75, 3.05) is 13.6 Å². The Labute approximate surface area is 89.8 Å². The molecule has 6 nitrogen and oxygen atoms in total. The SMILES string of the molecule is CCCCCN(C)S(=O)(=O)c1nc[nH]n1. The molecule has 0 saturated carbocycles. The van der Waals surface area contributed by atoms with Gasteiger partial charge >= 0.3 is 0 Å². The van der Waals surface area contributed by atoms with Crippen LogP contribution >= 0.6 is 0 Å². The van der Waals surface area contributed by atoms with Gasteiger partial charge in [0, 0.05) is 13.6 Å². The van der Waals surface area contributed by atoms with Crippen LogP contribution in [0.1, 0.15) is 26.2 Å². The summed E-state index contributed by atoms with van der Waals surface area (Å²) in [5, 5.41) is 5.80. The summed E-state index contributed by atoms with van der Waals surface area (Å²) in [6.45, 7) is 2.58. The van der Waals surface area contributed by atoms with Gasteiger partial charge in [0.15, 0.2) is 0 Å². The van der Waals surface area contributed by atoms with Crippen molar-refractivity contribution in [2.45, 2.75) is 31.3 Å². The predicted molar refractivity (Wildman–Crippen MR) is 55.7 cm³/mol. The van der Waals surface area contributed by atoms with Crippen molar-refractivity contribution in [3.63, 3.8) is 0 Å². The molecule has 15 heavy (non-hydrogen) atoms. The minimum Gasteiger partial charge on any atom is -0.265 e. The van der Waals surface area contributed by atoms with E-state index in [0.29, 0.717) is 6.54 Å². The molecule has 0 atom stereocenters. The third-order valence-electron chi connectivity index (χ3n) is 2.11. The Bertz CT molecular complexity index is 373. The molecule has 0 unspecified atom stereocenters. The highest BCUT2D eigenvalue weighted by Crippen LogP contribution is 2.08. The summed E-state index contributed by atoms with van der Waals surface area (Å²) < 4.78 is 24.8. The van der Waals surface area contributed by atoms with Crippen molar-refractivity contribution in [1.82, 2.24) is 19.5 Å². The number of nitrogens with zero attached hydrogens (tertiary/aromatic N) is 3. The van der Waals surface area contributed by atoms with Crippen LogP contribution < -0.4 is 0 Å². The summed E-state index contributed by atoms with van der Waals surface area (Å²) in [5.74, 6) is 0. The smallest absolute Gasteiger partial charge is 0.265 e. The van der Waals surface area contributed by atoms with Gasteiger partial charge in [0.05, 0.1) is 0 Å². The molecule has 0 fully saturated rings. The van der Waals surface area contributed by atoms with Crippen molar-refractivity contribution in [3.05, 3.63) is 6.33 Å². The van der Waals surface area contributed by atoms with Gasteiger partial charge in [0.2, 0.25) is 0 Å². The lowest BCUT2D eigenvalue weighted by atomic mass is 10.2. The Kier molecular flexibility index (Phi) is 4.22. The Morgan fingerprint density at radius 1 is 1.47 bits per heavy atom. The molecule has 0 spiro atoms. The molecule has 0 radical (unpaired) electrons. The Balaban J connectivity index is 2.62. The van der Waals surface area contributed by atoms with Gasteiger partial charge in [0.25, 0.3) is 15.2 Å². The maximum absolute atomic E-state index is 11.8. The van der Waals surface area contributed by atoms with E-state index in [2.05, 4.69) is 22.1 Å². The van der Waals surface area contributed by atoms with Gasteiger partial charge in [0.1, 0.15) is 6.33 Å². The highest BCUT2D eigenvalue weighted by Gasteiger charge is 2.23. The monoisotopic (exact) mass is 232 g/mol. The molecule has 1 heterocycles. The summed E-state index contributed by atoms with van der Waals surface area (Å²) in [4.78, 5) is 3.64. The number of aromatic amines is 1. The van der Waals surface area contributed by atoms with Crippen LogP contribution in [-0.4, -0.2) is 41.5 Å². The van der Waals surface area contributed by atoms with E-state index in [4.69, 9.17) is 0 Å². The van der Waals surface area contributed by atoms with Gasteiger partial charge in [-0.15, -0.1) is 5.10 Å². The second-order valence-corrected chi connectivity index (χ2v) is 5.25. The zero-order chi connectivity index (χ0) is 11.3. The number of aromatic nitrogens is 3. The van der Waals surface area contributed by atoms with Crippen molar-refractivity contribution in [1.29, 1.82) is 0 Å². The van der Waals surface area contributed by atoms with E-state index < -0.39 is 10.0 Å². The summed E-state index contributed by atoms with van der Waals surface area (Å²) in [6, 6.07) is 0. The second-order valence-electron chi connectivity index (χ2n) is 3.32.